The Hall–Kier alpha value is -1.26. The molecule has 1 aromatic rings. The van der Waals surface area contributed by atoms with Gasteiger partial charge in [0.15, 0.2) is 6.10 Å². The Morgan fingerprint density at radius 1 is 1.38 bits per heavy atom. The van der Waals surface area contributed by atoms with E-state index in [1.54, 1.807) is 6.92 Å². The number of hydrogen-bond donors (Lipinski definition) is 2. The molecule has 0 aromatic heterocycles. The van der Waals surface area contributed by atoms with Crippen molar-refractivity contribution in [3.8, 4) is 5.75 Å². The number of carbonyl (C=O) groups is 1. The molecule has 21 heavy (non-hydrogen) atoms. The van der Waals surface area contributed by atoms with Crippen LogP contribution in [0.25, 0.3) is 0 Å². The zero-order chi connectivity index (χ0) is 15.7. The summed E-state index contributed by atoms with van der Waals surface area (Å²) in [5, 5.41) is 6.58. The third-order valence-corrected chi connectivity index (χ3v) is 3.54. The van der Waals surface area contributed by atoms with Crippen molar-refractivity contribution in [2.75, 3.05) is 13.6 Å². The fraction of sp³-hybridized carbons (Fsp3) is 0.562. The molecule has 5 heteroatoms. The lowest BCUT2D eigenvalue weighted by Crippen LogP contribution is -2.37. The van der Waals surface area contributed by atoms with E-state index in [2.05, 4.69) is 17.6 Å². The van der Waals surface area contributed by atoms with Crippen molar-refractivity contribution in [2.45, 2.75) is 45.8 Å². The van der Waals surface area contributed by atoms with E-state index in [0.717, 1.165) is 24.8 Å². The van der Waals surface area contributed by atoms with Crippen LogP contribution in [0.1, 0.15) is 38.7 Å². The number of nitrogens with one attached hydrogen (secondary N) is 2. The number of amides is 1. The molecule has 1 amide bonds. The smallest absolute Gasteiger partial charge is 0.260 e. The molecule has 0 bridgehead atoms. The molecule has 1 unspecified atom stereocenters. The van der Waals surface area contributed by atoms with Gasteiger partial charge in [-0.15, -0.1) is 0 Å². The number of hydrogen-bond acceptors (Lipinski definition) is 3. The number of carbonyl (C=O) groups excluding carboxylic acids is 1. The highest BCUT2D eigenvalue weighted by molar-refractivity contribution is 6.31. The standard InChI is InChI=1S/C16H25ClN2O2/c1-4-5-6-10-19-16(20)12(2)21-15-9-7-8-14(17)13(15)11-18-3/h7-9,12,18H,4-6,10-11H2,1-3H3,(H,19,20). The Morgan fingerprint density at radius 3 is 2.81 bits per heavy atom. The molecule has 0 radical (unpaired) electrons. The van der Waals surface area contributed by atoms with Gasteiger partial charge >= 0.3 is 0 Å². The van der Waals surface area contributed by atoms with Gasteiger partial charge in [-0.3, -0.25) is 4.79 Å². The highest BCUT2D eigenvalue weighted by Gasteiger charge is 2.16. The normalized spacial score (nSPS) is 12.0. The number of rotatable bonds is 9. The van der Waals surface area contributed by atoms with Gasteiger partial charge < -0.3 is 15.4 Å². The highest BCUT2D eigenvalue weighted by atomic mass is 35.5. The predicted molar refractivity (Wildman–Crippen MR) is 86.8 cm³/mol. The van der Waals surface area contributed by atoms with Gasteiger partial charge in [-0.2, -0.15) is 0 Å². The minimum Gasteiger partial charge on any atom is -0.481 e. The van der Waals surface area contributed by atoms with Crippen molar-refractivity contribution in [2.24, 2.45) is 0 Å². The first-order chi connectivity index (χ1) is 10.1. The molecule has 0 saturated carbocycles. The summed E-state index contributed by atoms with van der Waals surface area (Å²) in [5.74, 6) is 0.551. The summed E-state index contributed by atoms with van der Waals surface area (Å²) in [5.41, 5.74) is 0.868. The van der Waals surface area contributed by atoms with Crippen LogP contribution < -0.4 is 15.4 Å². The summed E-state index contributed by atoms with van der Waals surface area (Å²) in [6.45, 7) is 5.17. The quantitative estimate of drug-likeness (QED) is 0.689. The second-order valence-electron chi connectivity index (χ2n) is 5.01. The Balaban J connectivity index is 2.59. The Kier molecular flexibility index (Phi) is 8.16. The van der Waals surface area contributed by atoms with Gasteiger partial charge in [-0.1, -0.05) is 37.4 Å². The van der Waals surface area contributed by atoms with Crippen LogP contribution in [0.15, 0.2) is 18.2 Å². The maximum Gasteiger partial charge on any atom is 0.260 e. The minimum absolute atomic E-state index is 0.0958. The highest BCUT2D eigenvalue weighted by Crippen LogP contribution is 2.27. The first-order valence-corrected chi connectivity index (χ1v) is 7.84. The molecule has 2 N–H and O–H groups in total. The summed E-state index contributed by atoms with van der Waals surface area (Å²) in [7, 11) is 1.84. The lowest BCUT2D eigenvalue weighted by atomic mass is 10.2. The van der Waals surface area contributed by atoms with E-state index in [1.807, 2.05) is 25.2 Å². The Labute approximate surface area is 132 Å². The van der Waals surface area contributed by atoms with E-state index in [1.165, 1.54) is 0 Å². The molecular weight excluding hydrogens is 288 g/mol. The van der Waals surface area contributed by atoms with Crippen LogP contribution >= 0.6 is 11.6 Å². The SMILES string of the molecule is CCCCCNC(=O)C(C)Oc1cccc(Cl)c1CNC. The molecule has 1 rings (SSSR count). The topological polar surface area (TPSA) is 50.4 Å². The second-order valence-corrected chi connectivity index (χ2v) is 5.41. The van der Waals surface area contributed by atoms with Crippen LogP contribution in [0.2, 0.25) is 5.02 Å². The molecule has 0 heterocycles. The number of unbranched alkanes of at least 4 members (excludes halogenated alkanes) is 2. The molecule has 1 atom stereocenters. The van der Waals surface area contributed by atoms with Gasteiger partial charge in [0.05, 0.1) is 0 Å². The minimum atomic E-state index is -0.541. The van der Waals surface area contributed by atoms with Gasteiger partial charge in [-0.25, -0.2) is 0 Å². The first kappa shape index (κ1) is 17.8. The fourth-order valence-electron chi connectivity index (χ4n) is 1.97. The van der Waals surface area contributed by atoms with E-state index < -0.39 is 6.10 Å². The lowest BCUT2D eigenvalue weighted by Gasteiger charge is -2.18. The fourth-order valence-corrected chi connectivity index (χ4v) is 2.20. The molecule has 4 nitrogen and oxygen atoms in total. The molecule has 0 aliphatic rings. The van der Waals surface area contributed by atoms with E-state index >= 15 is 0 Å². The van der Waals surface area contributed by atoms with Crippen LogP contribution in [0.3, 0.4) is 0 Å². The van der Waals surface area contributed by atoms with E-state index in [9.17, 15) is 4.79 Å². The number of benzene rings is 1. The van der Waals surface area contributed by atoms with Crippen LogP contribution in [0, 0.1) is 0 Å². The molecule has 0 spiro atoms. The largest absolute Gasteiger partial charge is 0.481 e. The number of halogens is 1. The van der Waals surface area contributed by atoms with Gasteiger partial charge in [0, 0.05) is 23.7 Å². The average Bonchev–Trinajstić information content (AvgIpc) is 2.47. The Morgan fingerprint density at radius 2 is 2.14 bits per heavy atom. The summed E-state index contributed by atoms with van der Waals surface area (Å²) >= 11 is 6.17. The van der Waals surface area contributed by atoms with Crippen molar-refractivity contribution in [1.29, 1.82) is 0 Å². The molecule has 0 aliphatic carbocycles. The van der Waals surface area contributed by atoms with Crippen LogP contribution in [0.5, 0.6) is 5.75 Å². The van der Waals surface area contributed by atoms with Crippen LogP contribution in [-0.4, -0.2) is 25.6 Å². The summed E-state index contributed by atoms with van der Waals surface area (Å²) in [4.78, 5) is 12.0. The van der Waals surface area contributed by atoms with Crippen molar-refractivity contribution in [1.82, 2.24) is 10.6 Å². The number of ether oxygens (including phenoxy) is 1. The van der Waals surface area contributed by atoms with E-state index in [4.69, 9.17) is 16.3 Å². The molecule has 1 aromatic carbocycles. The molecule has 0 aliphatic heterocycles. The maximum absolute atomic E-state index is 12.0. The zero-order valence-electron chi connectivity index (χ0n) is 13.0. The van der Waals surface area contributed by atoms with E-state index in [-0.39, 0.29) is 5.91 Å². The Bertz CT molecular complexity index is 452. The molecule has 0 saturated heterocycles. The second kappa shape index (κ2) is 9.64. The van der Waals surface area contributed by atoms with Gasteiger partial charge in [0.1, 0.15) is 5.75 Å². The molecule has 118 valence electrons. The van der Waals surface area contributed by atoms with Crippen molar-refractivity contribution in [3.05, 3.63) is 28.8 Å². The van der Waals surface area contributed by atoms with Crippen molar-refractivity contribution in [3.63, 3.8) is 0 Å². The van der Waals surface area contributed by atoms with Crippen LogP contribution in [-0.2, 0) is 11.3 Å². The molecular formula is C16H25ClN2O2. The molecule has 0 fully saturated rings. The van der Waals surface area contributed by atoms with Gasteiger partial charge in [0.2, 0.25) is 0 Å². The van der Waals surface area contributed by atoms with Crippen LogP contribution in [0.4, 0.5) is 0 Å². The summed E-state index contributed by atoms with van der Waals surface area (Å²) < 4.78 is 5.76. The summed E-state index contributed by atoms with van der Waals surface area (Å²) in [6, 6.07) is 5.47. The van der Waals surface area contributed by atoms with Gasteiger partial charge in [0.25, 0.3) is 5.91 Å². The third-order valence-electron chi connectivity index (χ3n) is 3.18. The van der Waals surface area contributed by atoms with Crippen molar-refractivity contribution < 1.29 is 9.53 Å². The van der Waals surface area contributed by atoms with E-state index in [0.29, 0.717) is 23.9 Å². The third kappa shape index (κ3) is 5.94. The average molecular weight is 313 g/mol. The predicted octanol–water partition coefficient (Wildman–Crippen LogP) is 3.13. The van der Waals surface area contributed by atoms with Gasteiger partial charge in [-0.05, 0) is 32.5 Å². The summed E-state index contributed by atoms with van der Waals surface area (Å²) in [6.07, 6.45) is 2.71. The lowest BCUT2D eigenvalue weighted by molar-refractivity contribution is -0.127. The monoisotopic (exact) mass is 312 g/mol. The maximum atomic E-state index is 12.0. The zero-order valence-corrected chi connectivity index (χ0v) is 13.8. The first-order valence-electron chi connectivity index (χ1n) is 7.46. The van der Waals surface area contributed by atoms with Crippen molar-refractivity contribution >= 4 is 17.5 Å².